The van der Waals surface area contributed by atoms with Gasteiger partial charge in [-0.25, -0.2) is 17.2 Å². The second-order valence-corrected chi connectivity index (χ2v) is 8.90. The Hall–Kier alpha value is -2.81. The molecule has 0 bridgehead atoms. The minimum absolute atomic E-state index is 0.142. The Morgan fingerprint density at radius 3 is 2.57 bits per heavy atom. The van der Waals surface area contributed by atoms with E-state index in [1.165, 1.54) is 4.90 Å². The number of nitrogens with one attached hydrogen (secondary N) is 1. The molecule has 0 radical (unpaired) electrons. The fourth-order valence-electron chi connectivity index (χ4n) is 3.09. The Kier molecular flexibility index (Phi) is 5.46. The molecule has 1 aliphatic heterocycles. The van der Waals surface area contributed by atoms with Gasteiger partial charge < -0.3 is 10.2 Å². The van der Waals surface area contributed by atoms with E-state index in [9.17, 15) is 26.8 Å². The third kappa shape index (κ3) is 4.36. The van der Waals surface area contributed by atoms with E-state index in [0.717, 1.165) is 24.0 Å². The summed E-state index contributed by atoms with van der Waals surface area (Å²) in [6, 6.07) is 8.38. The maximum Gasteiger partial charge on any atom is 0.255 e. The lowest BCUT2D eigenvalue weighted by Crippen LogP contribution is -2.45. The Bertz CT molecular complexity index is 1040. The number of hydrogen-bond donors (Lipinski definition) is 1. The molecule has 0 aliphatic carbocycles. The van der Waals surface area contributed by atoms with Crippen LogP contribution >= 0.6 is 0 Å². The summed E-state index contributed by atoms with van der Waals surface area (Å²) < 4.78 is 50.1. The monoisotopic (exact) mass is 408 g/mol. The van der Waals surface area contributed by atoms with E-state index in [1.807, 2.05) is 0 Å². The molecule has 6 nitrogen and oxygen atoms in total. The van der Waals surface area contributed by atoms with Crippen LogP contribution in [0, 0.1) is 11.6 Å². The van der Waals surface area contributed by atoms with E-state index in [0.29, 0.717) is 11.6 Å². The van der Waals surface area contributed by atoms with Crippen LogP contribution in [0.15, 0.2) is 42.5 Å². The van der Waals surface area contributed by atoms with Crippen LogP contribution in [0.5, 0.6) is 0 Å². The van der Waals surface area contributed by atoms with Crippen LogP contribution in [0.4, 0.5) is 14.5 Å². The van der Waals surface area contributed by atoms with Crippen molar-refractivity contribution < 1.29 is 26.8 Å². The van der Waals surface area contributed by atoms with Gasteiger partial charge in [0.1, 0.15) is 27.5 Å². The van der Waals surface area contributed by atoms with Crippen LogP contribution in [-0.2, 0) is 21.2 Å². The highest BCUT2D eigenvalue weighted by Crippen LogP contribution is 2.26. The summed E-state index contributed by atoms with van der Waals surface area (Å²) in [6.07, 6.45) is 0.884. The second kappa shape index (κ2) is 7.67. The molecular formula is C19H18F2N2O4S. The van der Waals surface area contributed by atoms with E-state index in [1.54, 1.807) is 24.3 Å². The summed E-state index contributed by atoms with van der Waals surface area (Å²) in [7, 11) is -3.40. The minimum atomic E-state index is -3.40. The summed E-state index contributed by atoms with van der Waals surface area (Å²) in [6.45, 7) is 0.142. The number of rotatable bonds is 6. The highest BCUT2D eigenvalue weighted by atomic mass is 32.2. The van der Waals surface area contributed by atoms with Gasteiger partial charge in [-0.3, -0.25) is 9.59 Å². The predicted molar refractivity (Wildman–Crippen MR) is 99.4 cm³/mol. The average molecular weight is 408 g/mol. The van der Waals surface area contributed by atoms with E-state index in [2.05, 4.69) is 5.32 Å². The first-order valence-electron chi connectivity index (χ1n) is 8.48. The number of anilines is 1. The lowest BCUT2D eigenvalue weighted by molar-refractivity contribution is -0.120. The molecule has 0 aromatic heterocycles. The molecule has 0 spiro atoms. The first-order chi connectivity index (χ1) is 13.2. The second-order valence-electron chi connectivity index (χ2n) is 6.64. The van der Waals surface area contributed by atoms with Gasteiger partial charge in [0.15, 0.2) is 0 Å². The van der Waals surface area contributed by atoms with Crippen LogP contribution in [0.2, 0.25) is 0 Å². The van der Waals surface area contributed by atoms with Crippen molar-refractivity contribution in [3.8, 4) is 0 Å². The number of benzene rings is 2. The van der Waals surface area contributed by atoms with Crippen LogP contribution in [0.1, 0.15) is 22.3 Å². The number of halogens is 2. The van der Waals surface area contributed by atoms with Gasteiger partial charge in [-0.2, -0.15) is 0 Å². The zero-order chi connectivity index (χ0) is 20.5. The van der Waals surface area contributed by atoms with Crippen LogP contribution < -0.4 is 5.32 Å². The molecular weight excluding hydrogens is 390 g/mol. The van der Waals surface area contributed by atoms with Crippen molar-refractivity contribution in [3.63, 3.8) is 0 Å². The zero-order valence-electron chi connectivity index (χ0n) is 15.0. The molecule has 2 amide bonds. The number of carbonyl (C=O) groups is 2. The van der Waals surface area contributed by atoms with Gasteiger partial charge in [0.25, 0.3) is 5.91 Å². The number of nitrogens with zero attached hydrogens (tertiary/aromatic N) is 1. The number of sulfone groups is 1. The molecule has 28 heavy (non-hydrogen) atoms. The topological polar surface area (TPSA) is 83.6 Å². The third-order valence-corrected chi connectivity index (χ3v) is 5.46. The van der Waals surface area contributed by atoms with Crippen molar-refractivity contribution in [3.05, 3.63) is 65.2 Å². The number of amides is 2. The van der Waals surface area contributed by atoms with Crippen molar-refractivity contribution in [2.24, 2.45) is 0 Å². The van der Waals surface area contributed by atoms with Crippen LogP contribution in [0.25, 0.3) is 0 Å². The third-order valence-electron chi connectivity index (χ3n) is 4.48. The van der Waals surface area contributed by atoms with Gasteiger partial charge in [-0.05, 0) is 30.2 Å². The molecule has 1 atom stereocenters. The molecule has 0 saturated carbocycles. The Labute approximate surface area is 161 Å². The molecule has 2 aromatic rings. The van der Waals surface area contributed by atoms with Gasteiger partial charge in [0, 0.05) is 24.4 Å². The minimum Gasteiger partial charge on any atom is -0.322 e. The molecule has 0 fully saturated rings. The quantitative estimate of drug-likeness (QED) is 0.796. The smallest absolute Gasteiger partial charge is 0.255 e. The lowest BCUT2D eigenvalue weighted by Gasteiger charge is -2.27. The summed E-state index contributed by atoms with van der Waals surface area (Å²) in [4.78, 5) is 26.8. The van der Waals surface area contributed by atoms with Gasteiger partial charge in [0.2, 0.25) is 5.91 Å². The van der Waals surface area contributed by atoms with E-state index in [4.69, 9.17) is 0 Å². The summed E-state index contributed by atoms with van der Waals surface area (Å²) >= 11 is 0. The summed E-state index contributed by atoms with van der Waals surface area (Å²) in [5.41, 5.74) is 0.908. The zero-order valence-corrected chi connectivity index (χ0v) is 15.8. The van der Waals surface area contributed by atoms with Gasteiger partial charge in [-0.15, -0.1) is 0 Å². The normalized spacial score (nSPS) is 14.7. The van der Waals surface area contributed by atoms with Gasteiger partial charge in [0.05, 0.1) is 11.4 Å². The molecule has 9 heteroatoms. The molecule has 1 N–H and O–H groups in total. The Morgan fingerprint density at radius 1 is 1.21 bits per heavy atom. The molecule has 1 aliphatic rings. The number of hydrogen-bond acceptors (Lipinski definition) is 4. The SMILES string of the molecule is CS(=O)(=O)CC[C@@H](C(=O)Nc1ccc(F)cc1F)N1Cc2ccccc2C1=O. The highest BCUT2D eigenvalue weighted by molar-refractivity contribution is 7.90. The highest BCUT2D eigenvalue weighted by Gasteiger charge is 2.36. The van der Waals surface area contributed by atoms with Crippen LogP contribution in [-0.4, -0.2) is 43.2 Å². The fourth-order valence-corrected chi connectivity index (χ4v) is 3.74. The van der Waals surface area contributed by atoms with Crippen molar-refractivity contribution >= 4 is 27.3 Å². The summed E-state index contributed by atoms with van der Waals surface area (Å²) in [5, 5.41) is 2.33. The Balaban J connectivity index is 1.87. The van der Waals surface area contributed by atoms with E-state index < -0.39 is 39.3 Å². The average Bonchev–Trinajstić information content (AvgIpc) is 2.94. The molecule has 2 aromatic carbocycles. The standard InChI is InChI=1S/C19H18F2N2O4S/c1-28(26,27)9-8-17(18(24)22-16-7-6-13(20)10-15(16)21)23-11-12-4-2-3-5-14(12)19(23)25/h2-7,10,17H,8-9,11H2,1H3,(H,22,24)/t17-/m0/s1. The van der Waals surface area contributed by atoms with Crippen LogP contribution in [0.3, 0.4) is 0 Å². The maximum atomic E-state index is 13.9. The predicted octanol–water partition coefficient (Wildman–Crippen LogP) is 2.36. The molecule has 1 heterocycles. The van der Waals surface area contributed by atoms with Gasteiger partial charge >= 0.3 is 0 Å². The van der Waals surface area contributed by atoms with Gasteiger partial charge in [-0.1, -0.05) is 18.2 Å². The Morgan fingerprint density at radius 2 is 1.93 bits per heavy atom. The van der Waals surface area contributed by atoms with Crippen molar-refractivity contribution in [1.29, 1.82) is 0 Å². The lowest BCUT2D eigenvalue weighted by atomic mass is 10.1. The van der Waals surface area contributed by atoms with Crippen molar-refractivity contribution in [1.82, 2.24) is 4.90 Å². The summed E-state index contributed by atoms with van der Waals surface area (Å²) in [5.74, 6) is -3.23. The first-order valence-corrected chi connectivity index (χ1v) is 10.5. The molecule has 0 unspecified atom stereocenters. The number of fused-ring (bicyclic) bond motifs is 1. The largest absolute Gasteiger partial charge is 0.322 e. The van der Waals surface area contributed by atoms with E-state index >= 15 is 0 Å². The fraction of sp³-hybridized carbons (Fsp3) is 0.263. The van der Waals surface area contributed by atoms with E-state index in [-0.39, 0.29) is 24.4 Å². The van der Waals surface area contributed by atoms with Crippen molar-refractivity contribution in [2.75, 3.05) is 17.3 Å². The van der Waals surface area contributed by atoms with Crippen molar-refractivity contribution in [2.45, 2.75) is 19.0 Å². The molecule has 148 valence electrons. The molecule has 0 saturated heterocycles. The maximum absolute atomic E-state index is 13.9. The number of carbonyl (C=O) groups excluding carboxylic acids is 2. The first kappa shape index (κ1) is 19.9. The molecule has 3 rings (SSSR count).